The highest BCUT2D eigenvalue weighted by atomic mass is 16.5. The predicted molar refractivity (Wildman–Crippen MR) is 61.2 cm³/mol. The van der Waals surface area contributed by atoms with Gasteiger partial charge in [0.25, 0.3) is 0 Å². The van der Waals surface area contributed by atoms with E-state index in [2.05, 4.69) is 15.5 Å². The van der Waals surface area contributed by atoms with E-state index >= 15 is 0 Å². The second-order valence-corrected chi connectivity index (χ2v) is 4.28. The number of hydrogen-bond acceptors (Lipinski definition) is 4. The molecule has 1 aliphatic rings. The van der Waals surface area contributed by atoms with Crippen molar-refractivity contribution >= 4 is 5.91 Å². The summed E-state index contributed by atoms with van der Waals surface area (Å²) in [6, 6.07) is 0. The van der Waals surface area contributed by atoms with Gasteiger partial charge in [-0.15, -0.1) is 0 Å². The lowest BCUT2D eigenvalue weighted by Gasteiger charge is -2.21. The molecule has 0 spiro atoms. The van der Waals surface area contributed by atoms with Gasteiger partial charge in [-0.2, -0.15) is 15.0 Å². The number of aromatic nitrogens is 3. The van der Waals surface area contributed by atoms with E-state index in [0.29, 0.717) is 12.5 Å². The highest BCUT2D eigenvalue weighted by Gasteiger charge is 2.13. The molecule has 6 nitrogen and oxygen atoms in total. The Morgan fingerprint density at radius 3 is 3.00 bits per heavy atom. The second kappa shape index (κ2) is 6.34. The van der Waals surface area contributed by atoms with Gasteiger partial charge in [0.2, 0.25) is 5.91 Å². The molecule has 94 valence electrons. The van der Waals surface area contributed by atoms with Gasteiger partial charge in [0.05, 0.1) is 12.4 Å². The Kier molecular flexibility index (Phi) is 4.49. The summed E-state index contributed by atoms with van der Waals surface area (Å²) in [5.74, 6) is 0.546. The second-order valence-electron chi connectivity index (χ2n) is 4.28. The fraction of sp³-hybridized carbons (Fsp3) is 0.727. The van der Waals surface area contributed by atoms with Crippen LogP contribution in [0.3, 0.4) is 0 Å². The first-order valence-electron chi connectivity index (χ1n) is 6.03. The van der Waals surface area contributed by atoms with Crippen molar-refractivity contribution in [1.82, 2.24) is 20.3 Å². The number of amides is 1. The molecule has 6 heteroatoms. The third-order valence-electron chi connectivity index (χ3n) is 2.88. The molecule has 1 unspecified atom stereocenters. The van der Waals surface area contributed by atoms with Crippen LogP contribution in [0.15, 0.2) is 12.4 Å². The number of nitrogens with one attached hydrogen (secondary N) is 1. The number of carbonyl (C=O) groups excluding carboxylic acids is 1. The molecule has 1 N–H and O–H groups in total. The maximum absolute atomic E-state index is 11.5. The molecular weight excluding hydrogens is 220 g/mol. The summed E-state index contributed by atoms with van der Waals surface area (Å²) in [4.78, 5) is 12.9. The SMILES string of the molecule is O=C(Cn1nccn1)NCCC1CCCOC1. The number of carbonyl (C=O) groups is 1. The maximum atomic E-state index is 11.5. The van der Waals surface area contributed by atoms with Crippen molar-refractivity contribution < 1.29 is 9.53 Å². The van der Waals surface area contributed by atoms with Crippen LogP contribution in [-0.2, 0) is 16.1 Å². The molecule has 17 heavy (non-hydrogen) atoms. The number of rotatable bonds is 5. The van der Waals surface area contributed by atoms with E-state index in [1.807, 2.05) is 0 Å². The van der Waals surface area contributed by atoms with E-state index in [-0.39, 0.29) is 12.5 Å². The van der Waals surface area contributed by atoms with Crippen LogP contribution in [0.1, 0.15) is 19.3 Å². The Morgan fingerprint density at radius 1 is 1.47 bits per heavy atom. The Morgan fingerprint density at radius 2 is 2.29 bits per heavy atom. The predicted octanol–water partition coefficient (Wildman–Crippen LogP) is 0.211. The first-order chi connectivity index (χ1) is 8.34. The van der Waals surface area contributed by atoms with Gasteiger partial charge >= 0.3 is 0 Å². The number of ether oxygens (including phenoxy) is 1. The zero-order valence-electron chi connectivity index (χ0n) is 9.84. The molecular formula is C11H18N4O2. The highest BCUT2D eigenvalue weighted by Crippen LogP contribution is 2.16. The van der Waals surface area contributed by atoms with Crippen molar-refractivity contribution in [3.8, 4) is 0 Å². The zero-order valence-corrected chi connectivity index (χ0v) is 9.84. The lowest BCUT2D eigenvalue weighted by molar-refractivity contribution is -0.122. The number of hydrogen-bond donors (Lipinski definition) is 1. The molecule has 1 atom stereocenters. The van der Waals surface area contributed by atoms with E-state index in [9.17, 15) is 4.79 Å². The molecule has 0 aromatic carbocycles. The van der Waals surface area contributed by atoms with Crippen molar-refractivity contribution in [2.45, 2.75) is 25.8 Å². The van der Waals surface area contributed by atoms with E-state index in [1.165, 1.54) is 11.2 Å². The van der Waals surface area contributed by atoms with Crippen molar-refractivity contribution in [3.63, 3.8) is 0 Å². The minimum atomic E-state index is -0.0436. The lowest BCUT2D eigenvalue weighted by Crippen LogP contribution is -2.31. The Bertz CT molecular complexity index is 333. The van der Waals surface area contributed by atoms with E-state index < -0.39 is 0 Å². The van der Waals surface area contributed by atoms with Crippen LogP contribution >= 0.6 is 0 Å². The molecule has 2 rings (SSSR count). The normalized spacial score (nSPS) is 20.1. The Labute approximate surface area is 100 Å². The molecule has 1 aliphatic heterocycles. The van der Waals surface area contributed by atoms with Crippen molar-refractivity contribution in [1.29, 1.82) is 0 Å². The van der Waals surface area contributed by atoms with Crippen LogP contribution < -0.4 is 5.32 Å². The van der Waals surface area contributed by atoms with Gasteiger partial charge in [-0.3, -0.25) is 4.79 Å². The van der Waals surface area contributed by atoms with Gasteiger partial charge in [0.1, 0.15) is 6.54 Å². The summed E-state index contributed by atoms with van der Waals surface area (Å²) in [7, 11) is 0. The molecule has 0 radical (unpaired) electrons. The molecule has 1 aromatic heterocycles. The Balaban J connectivity index is 1.59. The average molecular weight is 238 g/mol. The summed E-state index contributed by atoms with van der Waals surface area (Å²) in [6.07, 6.45) is 6.45. The molecule has 1 fully saturated rings. The van der Waals surface area contributed by atoms with Crippen LogP contribution in [0, 0.1) is 5.92 Å². The smallest absolute Gasteiger partial charge is 0.243 e. The van der Waals surface area contributed by atoms with Gasteiger partial charge in [-0.1, -0.05) is 0 Å². The van der Waals surface area contributed by atoms with Crippen LogP contribution in [0.4, 0.5) is 0 Å². The minimum Gasteiger partial charge on any atom is -0.381 e. The van der Waals surface area contributed by atoms with Crippen molar-refractivity contribution in [3.05, 3.63) is 12.4 Å². The van der Waals surface area contributed by atoms with E-state index in [4.69, 9.17) is 4.74 Å². The maximum Gasteiger partial charge on any atom is 0.243 e. The summed E-state index contributed by atoms with van der Waals surface area (Å²) in [6.45, 7) is 2.60. The quantitative estimate of drug-likeness (QED) is 0.796. The molecule has 2 heterocycles. The van der Waals surface area contributed by atoms with Crippen LogP contribution in [0.2, 0.25) is 0 Å². The first-order valence-corrected chi connectivity index (χ1v) is 6.03. The fourth-order valence-corrected chi connectivity index (χ4v) is 1.96. The van der Waals surface area contributed by atoms with Crippen LogP contribution in [0.25, 0.3) is 0 Å². The van der Waals surface area contributed by atoms with Crippen molar-refractivity contribution in [2.75, 3.05) is 19.8 Å². The number of nitrogens with zero attached hydrogens (tertiary/aromatic N) is 3. The topological polar surface area (TPSA) is 69.0 Å². The minimum absolute atomic E-state index is 0.0436. The molecule has 0 saturated carbocycles. The summed E-state index contributed by atoms with van der Waals surface area (Å²) in [5, 5.41) is 10.6. The molecule has 1 amide bonds. The summed E-state index contributed by atoms with van der Waals surface area (Å²) < 4.78 is 5.39. The molecule has 0 bridgehead atoms. The largest absolute Gasteiger partial charge is 0.381 e. The highest BCUT2D eigenvalue weighted by molar-refractivity contribution is 5.75. The third kappa shape index (κ3) is 4.14. The third-order valence-corrected chi connectivity index (χ3v) is 2.88. The molecule has 1 aromatic rings. The van der Waals surface area contributed by atoms with Gasteiger partial charge in [-0.05, 0) is 25.2 Å². The molecule has 0 aliphatic carbocycles. The lowest BCUT2D eigenvalue weighted by atomic mass is 9.99. The van der Waals surface area contributed by atoms with Gasteiger partial charge < -0.3 is 10.1 Å². The summed E-state index contributed by atoms with van der Waals surface area (Å²) >= 11 is 0. The van der Waals surface area contributed by atoms with Crippen LogP contribution in [0.5, 0.6) is 0 Å². The standard InChI is InChI=1S/C11H18N4O2/c16-11(8-15-13-5-6-14-15)12-4-3-10-2-1-7-17-9-10/h5-6,10H,1-4,7-9H2,(H,12,16). The fourth-order valence-electron chi connectivity index (χ4n) is 1.96. The zero-order chi connectivity index (χ0) is 11.9. The van der Waals surface area contributed by atoms with Crippen LogP contribution in [-0.4, -0.2) is 40.7 Å². The molecule has 1 saturated heterocycles. The first kappa shape index (κ1) is 12.0. The van der Waals surface area contributed by atoms with Gasteiger partial charge in [-0.25, -0.2) is 0 Å². The average Bonchev–Trinajstić information content (AvgIpc) is 2.83. The van der Waals surface area contributed by atoms with Gasteiger partial charge in [0, 0.05) is 19.8 Å². The monoisotopic (exact) mass is 238 g/mol. The summed E-state index contributed by atoms with van der Waals surface area (Å²) in [5.41, 5.74) is 0. The van der Waals surface area contributed by atoms with E-state index in [1.54, 1.807) is 12.4 Å². The van der Waals surface area contributed by atoms with Gasteiger partial charge in [0.15, 0.2) is 0 Å². The van der Waals surface area contributed by atoms with E-state index in [0.717, 1.165) is 26.1 Å². The van der Waals surface area contributed by atoms with Crippen molar-refractivity contribution in [2.24, 2.45) is 5.92 Å². The Hall–Kier alpha value is -1.43.